The maximum Gasteiger partial charge on any atom is 0.185 e. The first kappa shape index (κ1) is 20.6. The highest BCUT2D eigenvalue weighted by Crippen LogP contribution is 2.37. The van der Waals surface area contributed by atoms with E-state index in [-0.39, 0.29) is 23.1 Å². The molecule has 2 aromatic carbocycles. The van der Waals surface area contributed by atoms with Crippen LogP contribution in [0.3, 0.4) is 0 Å². The molecule has 0 aliphatic heterocycles. The second kappa shape index (κ2) is 8.30. The summed E-state index contributed by atoms with van der Waals surface area (Å²) in [6, 6.07) is 10.8. The molecular weight excluding hydrogens is 338 g/mol. The number of ketones is 1. The van der Waals surface area contributed by atoms with Gasteiger partial charge in [-0.25, -0.2) is 0 Å². The lowest BCUT2D eigenvalue weighted by molar-refractivity contribution is 0.104. The Balaban J connectivity index is 2.38. The van der Waals surface area contributed by atoms with Gasteiger partial charge in [-0.1, -0.05) is 20.8 Å². The van der Waals surface area contributed by atoms with E-state index in [0.717, 1.165) is 16.8 Å². The third-order valence-electron chi connectivity index (χ3n) is 4.17. The molecule has 0 bridgehead atoms. The number of hydrogen-bond donors (Lipinski definition) is 2. The molecule has 0 aliphatic rings. The summed E-state index contributed by atoms with van der Waals surface area (Å²) in [5, 5.41) is 13.4. The van der Waals surface area contributed by atoms with Crippen molar-refractivity contribution in [3.05, 3.63) is 59.2 Å². The van der Waals surface area contributed by atoms with Crippen LogP contribution in [0.5, 0.6) is 11.5 Å². The van der Waals surface area contributed by atoms with Gasteiger partial charge in [0.1, 0.15) is 11.5 Å². The molecule has 2 rings (SSSR count). The van der Waals surface area contributed by atoms with Crippen molar-refractivity contribution in [2.24, 2.45) is 0 Å². The average Bonchev–Trinajstić information content (AvgIpc) is 2.59. The van der Waals surface area contributed by atoms with Crippen LogP contribution in [0.25, 0.3) is 6.08 Å². The van der Waals surface area contributed by atoms with Crippen LogP contribution in [0.15, 0.2) is 42.5 Å². The Morgan fingerprint density at radius 3 is 2.30 bits per heavy atom. The molecule has 0 spiro atoms. The maximum atomic E-state index is 12.5. The molecule has 0 radical (unpaired) electrons. The number of carbonyl (C=O) groups excluding carboxylic acids is 1. The van der Waals surface area contributed by atoms with Crippen molar-refractivity contribution in [3.63, 3.8) is 0 Å². The predicted octanol–water partition coefficient (Wildman–Crippen LogP) is 5.41. The van der Waals surface area contributed by atoms with Gasteiger partial charge in [0.2, 0.25) is 0 Å². The van der Waals surface area contributed by atoms with Gasteiger partial charge in [-0.15, -0.1) is 0 Å². The van der Waals surface area contributed by atoms with E-state index in [1.54, 1.807) is 30.4 Å². The fourth-order valence-electron chi connectivity index (χ4n) is 2.74. The highest BCUT2D eigenvalue weighted by Gasteiger charge is 2.20. The van der Waals surface area contributed by atoms with Gasteiger partial charge in [0.25, 0.3) is 0 Å². The molecule has 2 N–H and O–H groups in total. The van der Waals surface area contributed by atoms with Crippen LogP contribution < -0.4 is 10.1 Å². The Morgan fingerprint density at radius 1 is 1.15 bits per heavy atom. The quantitative estimate of drug-likeness (QED) is 0.529. The number of rotatable bonds is 6. The number of anilines is 1. The number of allylic oxidation sites excluding steroid dienone is 1. The number of phenolic OH excluding ortho intramolecular Hbond substituents is 1. The SMILES string of the molecule is CNc1ccc(C(=O)/C=C/c2cc(C(C)(C)C)c(O)cc2OC(C)C)cc1. The molecule has 0 amide bonds. The second-order valence-corrected chi connectivity index (χ2v) is 7.85. The van der Waals surface area contributed by atoms with E-state index in [2.05, 4.69) is 5.32 Å². The van der Waals surface area contributed by atoms with Crippen molar-refractivity contribution >= 4 is 17.5 Å². The van der Waals surface area contributed by atoms with Gasteiger partial charge in [-0.2, -0.15) is 0 Å². The lowest BCUT2D eigenvalue weighted by atomic mass is 9.85. The largest absolute Gasteiger partial charge is 0.508 e. The zero-order valence-electron chi connectivity index (χ0n) is 17.0. The molecule has 0 atom stereocenters. The van der Waals surface area contributed by atoms with Crippen LogP contribution in [-0.4, -0.2) is 24.0 Å². The van der Waals surface area contributed by atoms with Crippen LogP contribution in [-0.2, 0) is 5.41 Å². The molecule has 0 saturated carbocycles. The normalized spacial score (nSPS) is 11.8. The van der Waals surface area contributed by atoms with Gasteiger partial charge in [-0.05, 0) is 61.7 Å². The molecule has 0 aliphatic carbocycles. The predicted molar refractivity (Wildman–Crippen MR) is 112 cm³/mol. The van der Waals surface area contributed by atoms with E-state index >= 15 is 0 Å². The zero-order valence-corrected chi connectivity index (χ0v) is 17.0. The van der Waals surface area contributed by atoms with Crippen LogP contribution >= 0.6 is 0 Å². The second-order valence-electron chi connectivity index (χ2n) is 7.85. The van der Waals surface area contributed by atoms with Gasteiger partial charge < -0.3 is 15.2 Å². The fourth-order valence-corrected chi connectivity index (χ4v) is 2.74. The highest BCUT2D eigenvalue weighted by atomic mass is 16.5. The zero-order chi connectivity index (χ0) is 20.2. The summed E-state index contributed by atoms with van der Waals surface area (Å²) in [5.41, 5.74) is 2.93. The Kier molecular flexibility index (Phi) is 6.32. The van der Waals surface area contributed by atoms with E-state index in [9.17, 15) is 9.90 Å². The van der Waals surface area contributed by atoms with Crippen molar-refractivity contribution < 1.29 is 14.6 Å². The standard InChI is InChI=1S/C23H29NO3/c1-15(2)27-22-14-21(26)19(23(3,4)5)13-17(22)9-12-20(25)16-7-10-18(24-6)11-8-16/h7-15,24,26H,1-6H3/b12-9+. The van der Waals surface area contributed by atoms with Gasteiger partial charge in [0.05, 0.1) is 6.10 Å². The Bertz CT molecular complexity index is 828. The molecule has 0 saturated heterocycles. The molecule has 4 nitrogen and oxygen atoms in total. The van der Waals surface area contributed by atoms with Crippen LogP contribution in [0.2, 0.25) is 0 Å². The van der Waals surface area contributed by atoms with E-state index < -0.39 is 0 Å². The number of benzene rings is 2. The first-order chi connectivity index (χ1) is 12.6. The molecule has 0 fully saturated rings. The fraction of sp³-hybridized carbons (Fsp3) is 0.348. The maximum absolute atomic E-state index is 12.5. The molecule has 144 valence electrons. The third-order valence-corrected chi connectivity index (χ3v) is 4.17. The van der Waals surface area contributed by atoms with Crippen molar-refractivity contribution in [2.45, 2.75) is 46.1 Å². The van der Waals surface area contributed by atoms with E-state index in [4.69, 9.17) is 4.74 Å². The van der Waals surface area contributed by atoms with E-state index in [1.807, 2.05) is 59.9 Å². The molecule has 0 heterocycles. The third kappa shape index (κ3) is 5.36. The minimum atomic E-state index is -0.226. The van der Waals surface area contributed by atoms with E-state index in [0.29, 0.717) is 11.3 Å². The van der Waals surface area contributed by atoms with Crippen molar-refractivity contribution in [1.29, 1.82) is 0 Å². The number of nitrogens with one attached hydrogen (secondary N) is 1. The van der Waals surface area contributed by atoms with Crippen molar-refractivity contribution in [1.82, 2.24) is 0 Å². The lowest BCUT2D eigenvalue weighted by Crippen LogP contribution is -2.13. The summed E-state index contributed by atoms with van der Waals surface area (Å²) in [5.74, 6) is 0.674. The van der Waals surface area contributed by atoms with Gasteiger partial charge in [0.15, 0.2) is 5.78 Å². The molecule has 4 heteroatoms. The summed E-state index contributed by atoms with van der Waals surface area (Å²) in [6.07, 6.45) is 3.25. The summed E-state index contributed by atoms with van der Waals surface area (Å²) < 4.78 is 5.83. The van der Waals surface area contributed by atoms with Crippen LogP contribution in [0.4, 0.5) is 5.69 Å². The van der Waals surface area contributed by atoms with Gasteiger partial charge >= 0.3 is 0 Å². The monoisotopic (exact) mass is 367 g/mol. The number of aromatic hydroxyl groups is 1. The van der Waals surface area contributed by atoms with Gasteiger partial charge in [-0.3, -0.25) is 4.79 Å². The van der Waals surface area contributed by atoms with Crippen LogP contribution in [0.1, 0.15) is 56.1 Å². The topological polar surface area (TPSA) is 58.6 Å². The first-order valence-electron chi connectivity index (χ1n) is 9.16. The Labute approximate surface area is 161 Å². The first-order valence-corrected chi connectivity index (χ1v) is 9.16. The summed E-state index contributed by atoms with van der Waals surface area (Å²) in [4.78, 5) is 12.5. The Morgan fingerprint density at radius 2 is 1.78 bits per heavy atom. The average molecular weight is 367 g/mol. The highest BCUT2D eigenvalue weighted by molar-refractivity contribution is 6.07. The molecular formula is C23H29NO3. The number of ether oxygens (including phenoxy) is 1. The minimum Gasteiger partial charge on any atom is -0.508 e. The number of hydrogen-bond acceptors (Lipinski definition) is 4. The minimum absolute atomic E-state index is 0.0400. The molecule has 27 heavy (non-hydrogen) atoms. The number of carbonyl (C=O) groups is 1. The Hall–Kier alpha value is -2.75. The lowest BCUT2D eigenvalue weighted by Gasteiger charge is -2.23. The van der Waals surface area contributed by atoms with Crippen LogP contribution in [0, 0.1) is 0 Å². The molecule has 2 aromatic rings. The molecule has 0 unspecified atom stereocenters. The van der Waals surface area contributed by atoms with Crippen molar-refractivity contribution in [3.8, 4) is 11.5 Å². The number of phenols is 1. The van der Waals surface area contributed by atoms with Crippen molar-refractivity contribution in [2.75, 3.05) is 12.4 Å². The van der Waals surface area contributed by atoms with E-state index in [1.165, 1.54) is 0 Å². The van der Waals surface area contributed by atoms with Gasteiger partial charge in [0, 0.05) is 35.5 Å². The smallest absolute Gasteiger partial charge is 0.185 e. The summed E-state index contributed by atoms with van der Waals surface area (Å²) in [7, 11) is 1.84. The summed E-state index contributed by atoms with van der Waals surface area (Å²) in [6.45, 7) is 9.96. The summed E-state index contributed by atoms with van der Waals surface area (Å²) >= 11 is 0. The molecule has 0 aromatic heterocycles.